The van der Waals surface area contributed by atoms with Gasteiger partial charge in [-0.3, -0.25) is 0 Å². The third-order valence-electron chi connectivity index (χ3n) is 3.29. The Morgan fingerprint density at radius 1 is 1.47 bits per heavy atom. The van der Waals surface area contributed by atoms with E-state index in [0.29, 0.717) is 6.42 Å². The topological polar surface area (TPSA) is 38.7 Å². The second-order valence-corrected chi connectivity index (χ2v) is 4.89. The maximum atomic E-state index is 10.1. The van der Waals surface area contributed by atoms with Gasteiger partial charge in [0.25, 0.3) is 0 Å². The van der Waals surface area contributed by atoms with Crippen LogP contribution in [0, 0.1) is 12.3 Å². The first-order valence-electron chi connectivity index (χ1n) is 5.50. The summed E-state index contributed by atoms with van der Waals surface area (Å²) in [7, 11) is 0. The number of fused-ring (bicyclic) bond motifs is 1. The zero-order valence-electron chi connectivity index (χ0n) is 9.32. The average molecular weight is 210 g/mol. The van der Waals surface area contributed by atoms with Gasteiger partial charge < -0.3 is 14.6 Å². The fourth-order valence-electron chi connectivity index (χ4n) is 2.74. The van der Waals surface area contributed by atoms with Crippen LogP contribution in [0.3, 0.4) is 0 Å². The predicted molar refractivity (Wildman–Crippen MR) is 56.1 cm³/mol. The van der Waals surface area contributed by atoms with Gasteiger partial charge in [-0.1, -0.05) is 0 Å². The molecular weight excluding hydrogens is 192 g/mol. The highest BCUT2D eigenvalue weighted by atomic mass is 16.8. The summed E-state index contributed by atoms with van der Waals surface area (Å²) in [6, 6.07) is 0. The van der Waals surface area contributed by atoms with Crippen molar-refractivity contribution in [2.24, 2.45) is 0 Å². The summed E-state index contributed by atoms with van der Waals surface area (Å²) in [6.07, 6.45) is 7.85. The molecule has 3 nitrogen and oxygen atoms in total. The predicted octanol–water partition coefficient (Wildman–Crippen LogP) is 1.44. The van der Waals surface area contributed by atoms with Crippen molar-refractivity contribution in [3.05, 3.63) is 0 Å². The van der Waals surface area contributed by atoms with Crippen LogP contribution in [-0.2, 0) is 9.47 Å². The van der Waals surface area contributed by atoms with Crippen molar-refractivity contribution in [3.63, 3.8) is 0 Å². The molecule has 0 aromatic carbocycles. The first-order valence-corrected chi connectivity index (χ1v) is 5.50. The van der Waals surface area contributed by atoms with E-state index in [9.17, 15) is 5.11 Å². The molecule has 3 atom stereocenters. The molecule has 2 aliphatic rings. The van der Waals surface area contributed by atoms with Gasteiger partial charge in [-0.15, -0.1) is 12.3 Å². The second-order valence-electron chi connectivity index (χ2n) is 4.89. The van der Waals surface area contributed by atoms with Gasteiger partial charge in [-0.05, 0) is 33.1 Å². The molecular formula is C12H18O3. The van der Waals surface area contributed by atoms with Gasteiger partial charge in [0.05, 0.1) is 12.2 Å². The quantitative estimate of drug-likeness (QED) is 0.666. The van der Waals surface area contributed by atoms with E-state index in [0.717, 1.165) is 19.3 Å². The largest absolute Gasteiger partial charge is 0.390 e. The molecule has 2 rings (SSSR count). The fraction of sp³-hybridized carbons (Fsp3) is 0.833. The van der Waals surface area contributed by atoms with Crippen molar-refractivity contribution in [1.82, 2.24) is 0 Å². The Morgan fingerprint density at radius 3 is 2.87 bits per heavy atom. The molecule has 0 aromatic rings. The molecule has 1 aliphatic carbocycles. The maximum Gasteiger partial charge on any atom is 0.164 e. The number of aliphatic hydroxyl groups is 1. The van der Waals surface area contributed by atoms with Crippen molar-refractivity contribution in [1.29, 1.82) is 0 Å². The van der Waals surface area contributed by atoms with Crippen LogP contribution in [0.5, 0.6) is 0 Å². The Hall–Kier alpha value is -0.560. The van der Waals surface area contributed by atoms with Crippen LogP contribution in [0.2, 0.25) is 0 Å². The molecule has 1 saturated heterocycles. The van der Waals surface area contributed by atoms with Crippen molar-refractivity contribution in [3.8, 4) is 12.3 Å². The lowest BCUT2D eigenvalue weighted by atomic mass is 9.78. The second kappa shape index (κ2) is 3.48. The SMILES string of the molecule is C#CC[C@@]12OC(C)(C)O[C@@H]1CCC[C@@H]2O. The van der Waals surface area contributed by atoms with E-state index in [1.54, 1.807) is 0 Å². The van der Waals surface area contributed by atoms with Gasteiger partial charge in [-0.2, -0.15) is 0 Å². The minimum Gasteiger partial charge on any atom is -0.390 e. The van der Waals surface area contributed by atoms with Crippen molar-refractivity contribution < 1.29 is 14.6 Å². The Kier molecular flexibility index (Phi) is 2.54. The van der Waals surface area contributed by atoms with Gasteiger partial charge in [0.15, 0.2) is 5.79 Å². The number of ether oxygens (including phenoxy) is 2. The molecule has 0 unspecified atom stereocenters. The lowest BCUT2D eigenvalue weighted by Gasteiger charge is -2.39. The molecule has 1 N–H and O–H groups in total. The van der Waals surface area contributed by atoms with E-state index in [4.69, 9.17) is 15.9 Å². The number of aliphatic hydroxyl groups excluding tert-OH is 1. The molecule has 15 heavy (non-hydrogen) atoms. The first-order chi connectivity index (χ1) is 7.00. The Balaban J connectivity index is 2.30. The molecule has 0 aromatic heterocycles. The summed E-state index contributed by atoms with van der Waals surface area (Å²) in [6.45, 7) is 3.74. The molecule has 84 valence electrons. The van der Waals surface area contributed by atoms with Gasteiger partial charge in [-0.25, -0.2) is 0 Å². The van der Waals surface area contributed by atoms with Gasteiger partial charge in [0.2, 0.25) is 0 Å². The highest BCUT2D eigenvalue weighted by molar-refractivity contribution is 5.10. The number of hydrogen-bond donors (Lipinski definition) is 1. The number of hydrogen-bond acceptors (Lipinski definition) is 3. The lowest BCUT2D eigenvalue weighted by molar-refractivity contribution is -0.183. The molecule has 3 heteroatoms. The van der Waals surface area contributed by atoms with E-state index >= 15 is 0 Å². The molecule has 1 aliphatic heterocycles. The standard InChI is InChI=1S/C12H18O3/c1-4-8-12-9(13)6-5-7-10(12)14-11(2,3)15-12/h1,9-10,13H,5-8H2,2-3H3/t9-,10+,12-/m0/s1. The van der Waals surface area contributed by atoms with Crippen LogP contribution in [0.15, 0.2) is 0 Å². The summed E-state index contributed by atoms with van der Waals surface area (Å²) in [5.74, 6) is 1.97. The Labute approximate surface area is 90.8 Å². The summed E-state index contributed by atoms with van der Waals surface area (Å²) < 4.78 is 11.7. The third kappa shape index (κ3) is 1.67. The van der Waals surface area contributed by atoms with Crippen molar-refractivity contribution >= 4 is 0 Å². The molecule has 0 amide bonds. The minimum absolute atomic E-state index is 0.0627. The van der Waals surface area contributed by atoms with Crippen molar-refractivity contribution in [2.45, 2.75) is 63.1 Å². The molecule has 0 bridgehead atoms. The van der Waals surface area contributed by atoms with Gasteiger partial charge >= 0.3 is 0 Å². The van der Waals surface area contributed by atoms with Crippen LogP contribution >= 0.6 is 0 Å². The van der Waals surface area contributed by atoms with Crippen LogP contribution < -0.4 is 0 Å². The average Bonchev–Trinajstić information content (AvgIpc) is 2.39. The number of rotatable bonds is 1. The van der Waals surface area contributed by atoms with Gasteiger partial charge in [0.1, 0.15) is 5.60 Å². The maximum absolute atomic E-state index is 10.1. The van der Waals surface area contributed by atoms with E-state index in [1.807, 2.05) is 13.8 Å². The molecule has 2 fully saturated rings. The lowest BCUT2D eigenvalue weighted by Crippen LogP contribution is -2.53. The molecule has 0 radical (unpaired) electrons. The van der Waals surface area contributed by atoms with E-state index < -0.39 is 17.5 Å². The van der Waals surface area contributed by atoms with Crippen LogP contribution in [0.1, 0.15) is 39.5 Å². The van der Waals surface area contributed by atoms with Crippen molar-refractivity contribution in [2.75, 3.05) is 0 Å². The van der Waals surface area contributed by atoms with Crippen LogP contribution in [0.25, 0.3) is 0 Å². The molecule has 1 saturated carbocycles. The normalized spacial score (nSPS) is 43.3. The Morgan fingerprint density at radius 2 is 2.20 bits per heavy atom. The zero-order valence-corrected chi connectivity index (χ0v) is 9.32. The minimum atomic E-state index is -0.670. The summed E-state index contributed by atoms with van der Waals surface area (Å²) in [5, 5.41) is 10.1. The highest BCUT2D eigenvalue weighted by Crippen LogP contribution is 2.46. The smallest absolute Gasteiger partial charge is 0.164 e. The van der Waals surface area contributed by atoms with E-state index in [2.05, 4.69) is 5.92 Å². The first kappa shape index (κ1) is 10.9. The third-order valence-corrected chi connectivity index (χ3v) is 3.29. The van der Waals surface area contributed by atoms with Gasteiger partial charge in [0, 0.05) is 6.42 Å². The summed E-state index contributed by atoms with van der Waals surface area (Å²) >= 11 is 0. The fourth-order valence-corrected chi connectivity index (χ4v) is 2.74. The monoisotopic (exact) mass is 210 g/mol. The van der Waals surface area contributed by atoms with E-state index in [-0.39, 0.29) is 6.10 Å². The van der Waals surface area contributed by atoms with Crippen LogP contribution in [-0.4, -0.2) is 28.7 Å². The Bertz CT molecular complexity index is 292. The molecule has 1 heterocycles. The summed E-state index contributed by atoms with van der Waals surface area (Å²) in [5.41, 5.74) is -0.670. The number of terminal acetylenes is 1. The highest BCUT2D eigenvalue weighted by Gasteiger charge is 2.58. The zero-order chi connectivity index (χ0) is 11.1. The molecule has 0 spiro atoms. The summed E-state index contributed by atoms with van der Waals surface area (Å²) in [4.78, 5) is 0. The van der Waals surface area contributed by atoms with E-state index in [1.165, 1.54) is 0 Å². The van der Waals surface area contributed by atoms with Crippen LogP contribution in [0.4, 0.5) is 0 Å².